The van der Waals surface area contributed by atoms with E-state index in [4.69, 9.17) is 0 Å². The molecule has 0 fully saturated rings. The molecule has 22 heavy (non-hydrogen) atoms. The summed E-state index contributed by atoms with van der Waals surface area (Å²) in [5.41, 5.74) is 3.27. The highest BCUT2D eigenvalue weighted by Gasteiger charge is 2.15. The molecule has 2 aromatic heterocycles. The number of nitrogens with zero attached hydrogens (tertiary/aromatic N) is 4. The lowest BCUT2D eigenvalue weighted by Crippen LogP contribution is -2.00. The van der Waals surface area contributed by atoms with Gasteiger partial charge in [-0.1, -0.05) is 35.5 Å². The van der Waals surface area contributed by atoms with Gasteiger partial charge in [-0.3, -0.25) is 9.55 Å². The van der Waals surface area contributed by atoms with Crippen molar-refractivity contribution >= 4 is 11.8 Å². The van der Waals surface area contributed by atoms with Gasteiger partial charge in [-0.25, -0.2) is 0 Å². The van der Waals surface area contributed by atoms with Crippen LogP contribution in [-0.2, 0) is 0 Å². The van der Waals surface area contributed by atoms with Crippen LogP contribution in [0.5, 0.6) is 0 Å². The number of thioether (sulfide) groups is 1. The minimum atomic E-state index is 0.792. The molecule has 1 aromatic carbocycles. The number of aromatic nitrogens is 4. The van der Waals surface area contributed by atoms with Crippen LogP contribution < -0.4 is 0 Å². The van der Waals surface area contributed by atoms with Crippen LogP contribution in [0, 0.1) is 6.92 Å². The molecule has 0 bridgehead atoms. The Kier molecular flexibility index (Phi) is 4.34. The maximum Gasteiger partial charge on any atom is 0.196 e. The summed E-state index contributed by atoms with van der Waals surface area (Å²) in [4.78, 5) is 4.07. The molecule has 4 nitrogen and oxygen atoms in total. The van der Waals surface area contributed by atoms with Gasteiger partial charge in [-0.15, -0.1) is 16.8 Å². The van der Waals surface area contributed by atoms with Gasteiger partial charge in [0.2, 0.25) is 0 Å². The van der Waals surface area contributed by atoms with E-state index in [1.54, 1.807) is 24.2 Å². The van der Waals surface area contributed by atoms with Crippen LogP contribution >= 0.6 is 11.8 Å². The highest BCUT2D eigenvalue weighted by Crippen LogP contribution is 2.27. The zero-order chi connectivity index (χ0) is 15.4. The van der Waals surface area contributed by atoms with Crippen molar-refractivity contribution in [3.63, 3.8) is 0 Å². The summed E-state index contributed by atoms with van der Waals surface area (Å²) in [5.74, 6) is 1.61. The lowest BCUT2D eigenvalue weighted by molar-refractivity contribution is 0.887. The molecule has 0 aliphatic rings. The van der Waals surface area contributed by atoms with Gasteiger partial charge in [0.15, 0.2) is 11.0 Å². The molecule has 0 aliphatic heterocycles. The molecule has 5 heteroatoms. The summed E-state index contributed by atoms with van der Waals surface area (Å²) < 4.78 is 2.07. The van der Waals surface area contributed by atoms with Crippen molar-refractivity contribution in [2.24, 2.45) is 0 Å². The Labute approximate surface area is 133 Å². The standard InChI is InChI=1S/C17H16N4S/c1-3-12-22-17-20-19-16(14-8-10-18-11-9-14)21(17)15-6-4-13(2)5-7-15/h3-11H,1,12H2,2H3. The molecule has 3 aromatic rings. The van der Waals surface area contributed by atoms with Crippen molar-refractivity contribution in [1.29, 1.82) is 0 Å². The number of pyridine rings is 1. The lowest BCUT2D eigenvalue weighted by atomic mass is 10.2. The topological polar surface area (TPSA) is 43.6 Å². The Morgan fingerprint density at radius 3 is 2.50 bits per heavy atom. The first-order valence-corrected chi connectivity index (χ1v) is 7.94. The average molecular weight is 308 g/mol. The van der Waals surface area contributed by atoms with E-state index in [9.17, 15) is 0 Å². The Bertz CT molecular complexity index is 763. The van der Waals surface area contributed by atoms with Gasteiger partial charge in [-0.2, -0.15) is 0 Å². The molecular formula is C17H16N4S. The summed E-state index contributed by atoms with van der Waals surface area (Å²) >= 11 is 1.62. The maximum atomic E-state index is 4.37. The average Bonchev–Trinajstić information content (AvgIpc) is 2.98. The Morgan fingerprint density at radius 2 is 1.82 bits per heavy atom. The molecule has 0 radical (unpaired) electrons. The molecule has 0 unspecified atom stereocenters. The van der Waals surface area contributed by atoms with E-state index in [2.05, 4.69) is 57.5 Å². The van der Waals surface area contributed by atoms with Crippen LogP contribution in [0.3, 0.4) is 0 Å². The minimum absolute atomic E-state index is 0.792. The van der Waals surface area contributed by atoms with Crippen molar-refractivity contribution < 1.29 is 0 Å². The number of hydrogen-bond acceptors (Lipinski definition) is 4. The molecule has 0 spiro atoms. The second-order valence-electron chi connectivity index (χ2n) is 4.81. The zero-order valence-corrected chi connectivity index (χ0v) is 13.1. The van der Waals surface area contributed by atoms with Gasteiger partial charge >= 0.3 is 0 Å². The molecule has 110 valence electrons. The van der Waals surface area contributed by atoms with E-state index < -0.39 is 0 Å². The van der Waals surface area contributed by atoms with Crippen LogP contribution in [-0.4, -0.2) is 25.5 Å². The monoisotopic (exact) mass is 308 g/mol. The van der Waals surface area contributed by atoms with E-state index >= 15 is 0 Å². The summed E-state index contributed by atoms with van der Waals surface area (Å²) in [5, 5.41) is 9.56. The number of hydrogen-bond donors (Lipinski definition) is 0. The first kappa shape index (κ1) is 14.5. The smallest absolute Gasteiger partial charge is 0.196 e. The van der Waals surface area contributed by atoms with E-state index in [0.29, 0.717) is 0 Å². The SMILES string of the molecule is C=CCSc1nnc(-c2ccncc2)n1-c1ccc(C)cc1. The number of benzene rings is 1. The van der Waals surface area contributed by atoms with Crippen molar-refractivity contribution in [2.75, 3.05) is 5.75 Å². The number of aryl methyl sites for hydroxylation is 1. The van der Waals surface area contributed by atoms with E-state index in [-0.39, 0.29) is 0 Å². The second kappa shape index (κ2) is 6.58. The minimum Gasteiger partial charge on any atom is -0.270 e. The molecule has 0 saturated carbocycles. The van der Waals surface area contributed by atoms with Gasteiger partial charge in [0.1, 0.15) is 0 Å². The molecule has 2 heterocycles. The van der Waals surface area contributed by atoms with Gasteiger partial charge in [0.05, 0.1) is 0 Å². The summed E-state index contributed by atoms with van der Waals surface area (Å²) in [6.07, 6.45) is 5.39. The van der Waals surface area contributed by atoms with Crippen LogP contribution in [0.25, 0.3) is 17.1 Å². The highest BCUT2D eigenvalue weighted by molar-refractivity contribution is 7.99. The summed E-state index contributed by atoms with van der Waals surface area (Å²) in [7, 11) is 0. The molecule has 0 N–H and O–H groups in total. The predicted octanol–water partition coefficient (Wildman–Crippen LogP) is 3.92. The fourth-order valence-corrected chi connectivity index (χ4v) is 2.80. The third-order valence-electron chi connectivity index (χ3n) is 3.19. The van der Waals surface area contributed by atoms with Crippen LogP contribution in [0.4, 0.5) is 0 Å². The normalized spacial score (nSPS) is 10.6. The van der Waals surface area contributed by atoms with Crippen molar-refractivity contribution in [1.82, 2.24) is 19.7 Å². The van der Waals surface area contributed by atoms with Crippen LogP contribution in [0.15, 0.2) is 66.6 Å². The predicted molar refractivity (Wildman–Crippen MR) is 90.2 cm³/mol. The summed E-state index contributed by atoms with van der Waals surface area (Å²) in [6, 6.07) is 12.2. The Hall–Kier alpha value is -2.40. The van der Waals surface area contributed by atoms with Gasteiger partial charge in [-0.05, 0) is 31.2 Å². The molecule has 0 saturated heterocycles. The van der Waals surface area contributed by atoms with Crippen molar-refractivity contribution in [3.05, 3.63) is 67.0 Å². The maximum absolute atomic E-state index is 4.37. The first-order chi connectivity index (χ1) is 10.8. The Balaban J connectivity index is 2.13. The van der Waals surface area contributed by atoms with Crippen molar-refractivity contribution in [2.45, 2.75) is 12.1 Å². The zero-order valence-electron chi connectivity index (χ0n) is 12.3. The number of rotatable bonds is 5. The third kappa shape index (κ3) is 2.94. The Morgan fingerprint density at radius 1 is 1.09 bits per heavy atom. The van der Waals surface area contributed by atoms with Gasteiger partial charge in [0, 0.05) is 29.4 Å². The second-order valence-corrected chi connectivity index (χ2v) is 5.80. The van der Waals surface area contributed by atoms with Crippen LogP contribution in [0.2, 0.25) is 0 Å². The van der Waals surface area contributed by atoms with Gasteiger partial charge in [0.25, 0.3) is 0 Å². The van der Waals surface area contributed by atoms with Crippen molar-refractivity contribution in [3.8, 4) is 17.1 Å². The largest absolute Gasteiger partial charge is 0.270 e. The molecular weight excluding hydrogens is 292 g/mol. The molecule has 0 amide bonds. The highest BCUT2D eigenvalue weighted by atomic mass is 32.2. The molecule has 0 aliphatic carbocycles. The first-order valence-electron chi connectivity index (χ1n) is 6.96. The lowest BCUT2D eigenvalue weighted by Gasteiger charge is -2.10. The fourth-order valence-electron chi connectivity index (χ4n) is 2.11. The van der Waals surface area contributed by atoms with Crippen LogP contribution in [0.1, 0.15) is 5.56 Å². The summed E-state index contributed by atoms with van der Waals surface area (Å²) in [6.45, 7) is 5.84. The van der Waals surface area contributed by atoms with E-state index in [0.717, 1.165) is 28.0 Å². The fraction of sp³-hybridized carbons (Fsp3) is 0.118. The van der Waals surface area contributed by atoms with E-state index in [1.807, 2.05) is 18.2 Å². The molecule has 3 rings (SSSR count). The quantitative estimate of drug-likeness (QED) is 0.529. The van der Waals surface area contributed by atoms with Gasteiger partial charge < -0.3 is 0 Å². The molecule has 0 atom stereocenters. The third-order valence-corrected chi connectivity index (χ3v) is 4.12. The van der Waals surface area contributed by atoms with E-state index in [1.165, 1.54) is 5.56 Å².